The highest BCUT2D eigenvalue weighted by molar-refractivity contribution is 9.11. The number of hydrogen-bond donors (Lipinski definition) is 0. The van der Waals surface area contributed by atoms with Crippen LogP contribution in [0.1, 0.15) is 5.56 Å². The molecule has 3 aromatic carbocycles. The molecule has 0 N–H and O–H groups in total. The van der Waals surface area contributed by atoms with E-state index in [4.69, 9.17) is 11.6 Å². The predicted molar refractivity (Wildman–Crippen MR) is 121 cm³/mol. The van der Waals surface area contributed by atoms with E-state index in [0.29, 0.717) is 31.8 Å². The minimum atomic E-state index is -0.434. The molecule has 1 aromatic heterocycles. The van der Waals surface area contributed by atoms with Crippen LogP contribution in [0.3, 0.4) is 0 Å². The summed E-state index contributed by atoms with van der Waals surface area (Å²) in [6, 6.07) is 16.6. The molecule has 0 bridgehead atoms. The summed E-state index contributed by atoms with van der Waals surface area (Å²) in [5.74, 6) is -0.119. The molecule has 8 heteroatoms. The Hall–Kier alpha value is -2.35. The third-order valence-corrected chi connectivity index (χ3v) is 5.50. The van der Waals surface area contributed by atoms with Crippen LogP contribution in [0, 0.1) is 5.82 Å². The van der Waals surface area contributed by atoms with Crippen LogP contribution in [0.25, 0.3) is 22.3 Å². The lowest BCUT2D eigenvalue weighted by Gasteiger charge is -2.11. The zero-order valence-electron chi connectivity index (χ0n) is 14.6. The summed E-state index contributed by atoms with van der Waals surface area (Å²) < 4.78 is 16.5. The van der Waals surface area contributed by atoms with E-state index in [1.54, 1.807) is 48.5 Å². The van der Waals surface area contributed by atoms with Crippen molar-refractivity contribution in [1.29, 1.82) is 0 Å². The average molecular weight is 536 g/mol. The van der Waals surface area contributed by atoms with Crippen molar-refractivity contribution in [1.82, 2.24) is 9.66 Å². The van der Waals surface area contributed by atoms with Gasteiger partial charge in [-0.25, -0.2) is 9.37 Å². The van der Waals surface area contributed by atoms with Crippen LogP contribution in [0.5, 0.6) is 0 Å². The number of aromatic nitrogens is 2. The standard InChI is InChI=1S/C21H11Br2ClFN3O/c22-14-9-16-19(17(23)10-14)27-20(12-5-7-15(24)8-6-12)28(21(16)29)26-11-13-3-1-2-4-18(13)25/h1-11H/b26-11-. The van der Waals surface area contributed by atoms with Gasteiger partial charge >= 0.3 is 0 Å². The quantitative estimate of drug-likeness (QED) is 0.291. The van der Waals surface area contributed by atoms with Gasteiger partial charge in [-0.3, -0.25) is 4.79 Å². The molecule has 4 nitrogen and oxygen atoms in total. The Balaban J connectivity index is 2.01. The molecule has 29 heavy (non-hydrogen) atoms. The summed E-state index contributed by atoms with van der Waals surface area (Å²) in [5, 5.41) is 5.19. The molecule has 4 aromatic rings. The normalized spacial score (nSPS) is 11.4. The second-order valence-electron chi connectivity index (χ2n) is 6.11. The van der Waals surface area contributed by atoms with Gasteiger partial charge in [0.2, 0.25) is 0 Å². The van der Waals surface area contributed by atoms with Crippen molar-refractivity contribution < 1.29 is 4.39 Å². The lowest BCUT2D eigenvalue weighted by atomic mass is 10.2. The first-order valence-corrected chi connectivity index (χ1v) is 10.4. The SMILES string of the molecule is O=c1c2cc(Br)cc(Br)c2nc(-c2ccc(Cl)cc2)n1/N=C\c1ccccc1F. The Bertz CT molecular complexity index is 1320. The highest BCUT2D eigenvalue weighted by Crippen LogP contribution is 2.28. The second kappa shape index (κ2) is 8.18. The first-order valence-electron chi connectivity index (χ1n) is 8.40. The van der Waals surface area contributed by atoms with Gasteiger partial charge in [0.1, 0.15) is 5.82 Å². The van der Waals surface area contributed by atoms with Gasteiger partial charge in [-0.05, 0) is 58.4 Å². The zero-order chi connectivity index (χ0) is 20.5. The van der Waals surface area contributed by atoms with Gasteiger partial charge < -0.3 is 0 Å². The van der Waals surface area contributed by atoms with Gasteiger partial charge in [-0.2, -0.15) is 9.78 Å². The molecule has 0 saturated heterocycles. The molecule has 144 valence electrons. The summed E-state index contributed by atoms with van der Waals surface area (Å²) in [5.41, 5.74) is 1.03. The van der Waals surface area contributed by atoms with Gasteiger partial charge in [-0.15, -0.1) is 0 Å². The van der Waals surface area contributed by atoms with Gasteiger partial charge in [0, 0.05) is 25.1 Å². The molecular weight excluding hydrogens is 525 g/mol. The van der Waals surface area contributed by atoms with Crippen molar-refractivity contribution in [2.75, 3.05) is 0 Å². The molecule has 0 aliphatic rings. The average Bonchev–Trinajstić information content (AvgIpc) is 2.69. The fourth-order valence-electron chi connectivity index (χ4n) is 2.80. The number of nitrogens with zero attached hydrogens (tertiary/aromatic N) is 3. The van der Waals surface area contributed by atoms with Crippen LogP contribution in [0.2, 0.25) is 5.02 Å². The summed E-state index contributed by atoms with van der Waals surface area (Å²) in [7, 11) is 0. The Labute approximate surface area is 186 Å². The van der Waals surface area contributed by atoms with Crippen molar-refractivity contribution in [2.24, 2.45) is 5.10 Å². The largest absolute Gasteiger partial charge is 0.282 e. The summed E-state index contributed by atoms with van der Waals surface area (Å²) in [6.45, 7) is 0. The van der Waals surface area contributed by atoms with Crippen LogP contribution in [0.15, 0.2) is 79.5 Å². The highest BCUT2D eigenvalue weighted by Gasteiger charge is 2.15. The summed E-state index contributed by atoms with van der Waals surface area (Å²) in [4.78, 5) is 17.9. The molecule has 0 spiro atoms. The number of fused-ring (bicyclic) bond motifs is 1. The maximum absolute atomic E-state index is 14.0. The number of rotatable bonds is 3. The van der Waals surface area contributed by atoms with E-state index in [1.165, 1.54) is 12.3 Å². The minimum Gasteiger partial charge on any atom is -0.267 e. The summed E-state index contributed by atoms with van der Waals surface area (Å²) in [6.07, 6.45) is 1.30. The van der Waals surface area contributed by atoms with E-state index in [9.17, 15) is 9.18 Å². The number of benzene rings is 3. The molecule has 0 aliphatic carbocycles. The monoisotopic (exact) mass is 533 g/mol. The maximum atomic E-state index is 14.0. The third kappa shape index (κ3) is 4.03. The first-order chi connectivity index (χ1) is 13.9. The Kier molecular flexibility index (Phi) is 5.63. The van der Waals surface area contributed by atoms with E-state index in [-0.39, 0.29) is 11.1 Å². The Morgan fingerprint density at radius 1 is 1.07 bits per heavy atom. The smallest absolute Gasteiger partial charge is 0.267 e. The van der Waals surface area contributed by atoms with Crippen LogP contribution >= 0.6 is 43.5 Å². The zero-order valence-corrected chi connectivity index (χ0v) is 18.5. The molecule has 0 saturated carbocycles. The van der Waals surface area contributed by atoms with Crippen molar-refractivity contribution in [3.05, 3.63) is 96.4 Å². The van der Waals surface area contributed by atoms with E-state index in [2.05, 4.69) is 41.9 Å². The number of hydrogen-bond acceptors (Lipinski definition) is 3. The fraction of sp³-hybridized carbons (Fsp3) is 0. The van der Waals surface area contributed by atoms with Crippen molar-refractivity contribution in [2.45, 2.75) is 0 Å². The van der Waals surface area contributed by atoms with E-state index < -0.39 is 5.82 Å². The molecule has 0 atom stereocenters. The van der Waals surface area contributed by atoms with Crippen molar-refractivity contribution in [3.63, 3.8) is 0 Å². The van der Waals surface area contributed by atoms with Crippen molar-refractivity contribution >= 4 is 60.6 Å². The molecule has 4 rings (SSSR count). The molecule has 1 heterocycles. The molecule has 0 radical (unpaired) electrons. The van der Waals surface area contributed by atoms with Crippen LogP contribution in [-0.2, 0) is 0 Å². The topological polar surface area (TPSA) is 47.2 Å². The Morgan fingerprint density at radius 2 is 1.79 bits per heavy atom. The predicted octanol–water partition coefficient (Wildman–Crippen LogP) is 6.26. The first kappa shape index (κ1) is 19.9. The van der Waals surface area contributed by atoms with Crippen LogP contribution in [0.4, 0.5) is 4.39 Å². The van der Waals surface area contributed by atoms with E-state index >= 15 is 0 Å². The van der Waals surface area contributed by atoms with E-state index in [1.807, 2.05) is 6.07 Å². The third-order valence-electron chi connectivity index (χ3n) is 4.19. The van der Waals surface area contributed by atoms with Gasteiger partial charge in [0.15, 0.2) is 5.82 Å². The molecule has 0 aliphatic heterocycles. The molecular formula is C21H11Br2ClFN3O. The van der Waals surface area contributed by atoms with Gasteiger partial charge in [0.25, 0.3) is 5.56 Å². The second-order valence-corrected chi connectivity index (χ2v) is 8.32. The summed E-state index contributed by atoms with van der Waals surface area (Å²) >= 11 is 12.8. The molecule has 0 amide bonds. The maximum Gasteiger partial charge on any atom is 0.282 e. The van der Waals surface area contributed by atoms with Gasteiger partial charge in [-0.1, -0.05) is 45.7 Å². The minimum absolute atomic E-state index is 0.261. The van der Waals surface area contributed by atoms with Gasteiger partial charge in [0.05, 0.1) is 17.1 Å². The van der Waals surface area contributed by atoms with Crippen LogP contribution in [-0.4, -0.2) is 15.9 Å². The Morgan fingerprint density at radius 3 is 2.52 bits per heavy atom. The fourth-order valence-corrected chi connectivity index (χ4v) is 4.24. The lowest BCUT2D eigenvalue weighted by molar-refractivity contribution is 0.625. The van der Waals surface area contributed by atoms with E-state index in [0.717, 1.165) is 9.15 Å². The lowest BCUT2D eigenvalue weighted by Crippen LogP contribution is -2.20. The highest BCUT2D eigenvalue weighted by atomic mass is 79.9. The van der Waals surface area contributed by atoms with Crippen molar-refractivity contribution in [3.8, 4) is 11.4 Å². The molecule has 0 unspecified atom stereocenters. The molecule has 0 fully saturated rings. The van der Waals surface area contributed by atoms with Crippen LogP contribution < -0.4 is 5.56 Å². The number of halogens is 4.